The summed E-state index contributed by atoms with van der Waals surface area (Å²) >= 11 is 0. The minimum atomic E-state index is 0.509. The van der Waals surface area contributed by atoms with E-state index in [0.717, 1.165) is 12.0 Å². The number of ether oxygens (including phenoxy) is 13. The normalized spacial score (nSPS) is 11.5. The van der Waals surface area contributed by atoms with Crippen molar-refractivity contribution in [3.8, 4) is 0 Å². The standard InChI is InChI=1S/C39H64O13/c1-3-7-38(8-4-1)11-12-40-13-14-41-15-16-42-17-18-43-19-20-44-21-22-45-23-24-46-25-26-47-27-28-48-29-30-49-31-32-50-33-34-51-35-36-52-37-39-9-5-2-6-10-39/h1-10H,11-37H2. The molecular formula is C39H64O13. The summed E-state index contributed by atoms with van der Waals surface area (Å²) in [5, 5.41) is 0. The molecule has 0 unspecified atom stereocenters. The molecule has 2 aromatic carbocycles. The first-order valence-electron chi connectivity index (χ1n) is 18.5. The smallest absolute Gasteiger partial charge is 0.0718 e. The molecule has 0 bridgehead atoms. The van der Waals surface area contributed by atoms with Gasteiger partial charge >= 0.3 is 0 Å². The minimum absolute atomic E-state index is 0.509. The minimum Gasteiger partial charge on any atom is -0.379 e. The molecule has 13 nitrogen and oxygen atoms in total. The van der Waals surface area contributed by atoms with Crippen molar-refractivity contribution in [3.63, 3.8) is 0 Å². The van der Waals surface area contributed by atoms with Gasteiger partial charge in [0.25, 0.3) is 0 Å². The monoisotopic (exact) mass is 740 g/mol. The van der Waals surface area contributed by atoms with E-state index in [1.165, 1.54) is 5.56 Å². The predicted molar refractivity (Wildman–Crippen MR) is 196 cm³/mol. The van der Waals surface area contributed by atoms with Crippen LogP contribution in [0.25, 0.3) is 0 Å². The molecule has 0 aromatic heterocycles. The molecule has 0 spiro atoms. The first-order valence-corrected chi connectivity index (χ1v) is 18.5. The van der Waals surface area contributed by atoms with Crippen molar-refractivity contribution in [2.75, 3.05) is 165 Å². The molecule has 0 amide bonds. The van der Waals surface area contributed by atoms with Gasteiger partial charge in [-0.15, -0.1) is 0 Å². The van der Waals surface area contributed by atoms with Gasteiger partial charge in [-0.25, -0.2) is 0 Å². The van der Waals surface area contributed by atoms with Crippen LogP contribution in [0.5, 0.6) is 0 Å². The van der Waals surface area contributed by atoms with Gasteiger partial charge in [0.05, 0.1) is 172 Å². The molecule has 0 aliphatic carbocycles. The van der Waals surface area contributed by atoms with Crippen LogP contribution in [0.15, 0.2) is 60.7 Å². The summed E-state index contributed by atoms with van der Waals surface area (Å²) in [5.74, 6) is 0. The van der Waals surface area contributed by atoms with Gasteiger partial charge in [0, 0.05) is 0 Å². The Hall–Kier alpha value is -2.08. The highest BCUT2D eigenvalue weighted by atomic mass is 16.6. The molecule has 0 fully saturated rings. The lowest BCUT2D eigenvalue weighted by Gasteiger charge is -2.09. The summed E-state index contributed by atoms with van der Waals surface area (Å²) in [6.45, 7) is 13.9. The summed E-state index contributed by atoms with van der Waals surface area (Å²) in [4.78, 5) is 0. The molecule has 0 atom stereocenters. The van der Waals surface area contributed by atoms with Crippen molar-refractivity contribution in [1.82, 2.24) is 0 Å². The first kappa shape index (κ1) is 46.1. The molecule has 0 N–H and O–H groups in total. The second-order valence-corrected chi connectivity index (χ2v) is 11.1. The SMILES string of the molecule is c1ccc(CCOCCOCCOCCOCCOCCOCCOCCOCCOCCOCCOCCOCCOCc2ccccc2)cc1. The van der Waals surface area contributed by atoms with Gasteiger partial charge in [-0.3, -0.25) is 0 Å². The Bertz CT molecular complexity index is 880. The molecule has 52 heavy (non-hydrogen) atoms. The Morgan fingerprint density at radius 1 is 0.212 bits per heavy atom. The quantitative estimate of drug-likeness (QED) is 0.0925. The van der Waals surface area contributed by atoms with Crippen molar-refractivity contribution in [2.24, 2.45) is 0 Å². The average molecular weight is 741 g/mol. The maximum Gasteiger partial charge on any atom is 0.0718 e. The van der Waals surface area contributed by atoms with E-state index < -0.39 is 0 Å². The largest absolute Gasteiger partial charge is 0.379 e. The molecule has 0 aliphatic rings. The van der Waals surface area contributed by atoms with Crippen LogP contribution < -0.4 is 0 Å². The highest BCUT2D eigenvalue weighted by Gasteiger charge is 1.98. The summed E-state index contributed by atoms with van der Waals surface area (Å²) in [5.41, 5.74) is 2.44. The van der Waals surface area contributed by atoms with Gasteiger partial charge in [0.1, 0.15) is 0 Å². The Morgan fingerprint density at radius 3 is 0.692 bits per heavy atom. The molecule has 0 saturated carbocycles. The molecule has 13 heteroatoms. The van der Waals surface area contributed by atoms with Gasteiger partial charge in [-0.05, 0) is 17.5 Å². The van der Waals surface area contributed by atoms with E-state index in [1.807, 2.05) is 48.5 Å². The Balaban J connectivity index is 1.12. The van der Waals surface area contributed by atoms with Crippen molar-refractivity contribution in [3.05, 3.63) is 71.8 Å². The number of hydrogen-bond acceptors (Lipinski definition) is 13. The van der Waals surface area contributed by atoms with E-state index in [1.54, 1.807) is 0 Å². The van der Waals surface area contributed by atoms with Crippen molar-refractivity contribution in [1.29, 1.82) is 0 Å². The summed E-state index contributed by atoms with van der Waals surface area (Å²) in [7, 11) is 0. The average Bonchev–Trinajstić information content (AvgIpc) is 3.18. The van der Waals surface area contributed by atoms with Crippen molar-refractivity contribution >= 4 is 0 Å². The second-order valence-electron chi connectivity index (χ2n) is 11.1. The molecular weight excluding hydrogens is 676 g/mol. The van der Waals surface area contributed by atoms with E-state index in [9.17, 15) is 0 Å². The third-order valence-corrected chi connectivity index (χ3v) is 6.95. The third kappa shape index (κ3) is 32.6. The Morgan fingerprint density at radius 2 is 0.423 bits per heavy atom. The highest BCUT2D eigenvalue weighted by Crippen LogP contribution is 2.01. The number of hydrogen-bond donors (Lipinski definition) is 0. The second kappa shape index (κ2) is 38.6. The van der Waals surface area contributed by atoms with Gasteiger partial charge in [0.15, 0.2) is 0 Å². The molecule has 0 heterocycles. The zero-order valence-corrected chi connectivity index (χ0v) is 31.2. The Kier molecular flexibility index (Phi) is 34.2. The van der Waals surface area contributed by atoms with Crippen molar-refractivity contribution in [2.45, 2.75) is 13.0 Å². The van der Waals surface area contributed by atoms with Crippen LogP contribution in [-0.4, -0.2) is 165 Å². The lowest BCUT2D eigenvalue weighted by atomic mass is 10.2. The van der Waals surface area contributed by atoms with Crippen LogP contribution in [0.1, 0.15) is 11.1 Å². The van der Waals surface area contributed by atoms with Crippen LogP contribution in [0.2, 0.25) is 0 Å². The van der Waals surface area contributed by atoms with E-state index in [4.69, 9.17) is 61.6 Å². The summed E-state index contributed by atoms with van der Waals surface area (Å²) in [6.07, 6.45) is 0.914. The fraction of sp³-hybridized carbons (Fsp3) is 0.692. The lowest BCUT2D eigenvalue weighted by molar-refractivity contribution is -0.0291. The fourth-order valence-electron chi connectivity index (χ4n) is 4.24. The van der Waals surface area contributed by atoms with Gasteiger partial charge in [-0.1, -0.05) is 60.7 Å². The predicted octanol–water partition coefficient (Wildman–Crippen LogP) is 3.65. The van der Waals surface area contributed by atoms with Gasteiger partial charge in [-0.2, -0.15) is 0 Å². The zero-order valence-electron chi connectivity index (χ0n) is 31.2. The van der Waals surface area contributed by atoms with Crippen LogP contribution in [0.4, 0.5) is 0 Å². The molecule has 2 aromatic rings. The first-order chi connectivity index (χ1) is 25.9. The van der Waals surface area contributed by atoms with Crippen LogP contribution in [0.3, 0.4) is 0 Å². The van der Waals surface area contributed by atoms with Crippen LogP contribution in [-0.2, 0) is 74.6 Å². The molecule has 0 radical (unpaired) electrons. The zero-order chi connectivity index (χ0) is 36.5. The molecule has 2 rings (SSSR count). The highest BCUT2D eigenvalue weighted by molar-refractivity contribution is 5.14. The topological polar surface area (TPSA) is 120 Å². The maximum absolute atomic E-state index is 5.59. The fourth-order valence-corrected chi connectivity index (χ4v) is 4.24. The maximum atomic E-state index is 5.59. The van der Waals surface area contributed by atoms with Crippen LogP contribution >= 0.6 is 0 Å². The van der Waals surface area contributed by atoms with E-state index in [2.05, 4.69) is 12.1 Å². The van der Waals surface area contributed by atoms with Gasteiger partial charge < -0.3 is 61.6 Å². The summed E-state index contributed by atoms with van der Waals surface area (Å²) < 4.78 is 71.7. The van der Waals surface area contributed by atoms with E-state index in [0.29, 0.717) is 172 Å². The van der Waals surface area contributed by atoms with Crippen molar-refractivity contribution < 1.29 is 61.6 Å². The summed E-state index contributed by atoms with van der Waals surface area (Å²) in [6, 6.07) is 20.4. The Labute approximate surface area is 311 Å². The number of benzene rings is 2. The van der Waals surface area contributed by atoms with Crippen LogP contribution in [0, 0.1) is 0 Å². The number of rotatable bonds is 41. The van der Waals surface area contributed by atoms with Gasteiger partial charge in [0.2, 0.25) is 0 Å². The molecule has 0 saturated heterocycles. The van der Waals surface area contributed by atoms with E-state index >= 15 is 0 Å². The third-order valence-electron chi connectivity index (χ3n) is 6.95. The molecule has 298 valence electrons. The van der Waals surface area contributed by atoms with E-state index in [-0.39, 0.29) is 0 Å². The molecule has 0 aliphatic heterocycles. The lowest BCUT2D eigenvalue weighted by Crippen LogP contribution is -2.15.